The zero-order valence-electron chi connectivity index (χ0n) is 8.33. The van der Waals surface area contributed by atoms with Gasteiger partial charge < -0.3 is 10.6 Å². The Morgan fingerprint density at radius 3 is 3.07 bits per heavy atom. The lowest BCUT2D eigenvalue weighted by Gasteiger charge is -2.20. The summed E-state index contributed by atoms with van der Waals surface area (Å²) < 4.78 is 13.1. The Morgan fingerprint density at radius 2 is 2.29 bits per heavy atom. The molecule has 0 spiro atoms. The van der Waals surface area contributed by atoms with Gasteiger partial charge in [-0.3, -0.25) is 0 Å². The number of hydrogen-bond donors (Lipinski definition) is 1. The van der Waals surface area contributed by atoms with Crippen LogP contribution in [-0.4, -0.2) is 13.6 Å². The molecule has 0 saturated heterocycles. The molecule has 2 nitrogen and oxygen atoms in total. The van der Waals surface area contributed by atoms with Crippen molar-refractivity contribution in [2.45, 2.75) is 18.9 Å². The molecule has 1 aromatic carbocycles. The van der Waals surface area contributed by atoms with Crippen LogP contribution in [0.2, 0.25) is 0 Å². The largest absolute Gasteiger partial charge is 0.374 e. The van der Waals surface area contributed by atoms with Crippen molar-refractivity contribution in [3.63, 3.8) is 0 Å². The van der Waals surface area contributed by atoms with Crippen molar-refractivity contribution in [1.29, 1.82) is 0 Å². The topological polar surface area (TPSA) is 29.3 Å². The highest BCUT2D eigenvalue weighted by molar-refractivity contribution is 5.55. The van der Waals surface area contributed by atoms with Crippen LogP contribution in [-0.2, 0) is 0 Å². The highest BCUT2D eigenvalue weighted by Crippen LogP contribution is 2.30. The molecule has 1 aliphatic heterocycles. The van der Waals surface area contributed by atoms with Crippen molar-refractivity contribution in [3.05, 3.63) is 29.6 Å². The van der Waals surface area contributed by atoms with E-state index in [0.717, 1.165) is 30.6 Å². The molecule has 1 heterocycles. The molecule has 0 fully saturated rings. The van der Waals surface area contributed by atoms with Crippen molar-refractivity contribution < 1.29 is 4.39 Å². The van der Waals surface area contributed by atoms with Crippen LogP contribution >= 0.6 is 0 Å². The van der Waals surface area contributed by atoms with Gasteiger partial charge >= 0.3 is 0 Å². The second-order valence-electron chi connectivity index (χ2n) is 3.87. The molecule has 1 atom stereocenters. The Hall–Kier alpha value is -1.09. The van der Waals surface area contributed by atoms with Gasteiger partial charge in [0, 0.05) is 25.3 Å². The first-order valence-corrected chi connectivity index (χ1v) is 4.94. The van der Waals surface area contributed by atoms with Crippen molar-refractivity contribution in [3.8, 4) is 0 Å². The Balaban J connectivity index is 2.48. The molecule has 3 heteroatoms. The van der Waals surface area contributed by atoms with E-state index in [-0.39, 0.29) is 11.9 Å². The summed E-state index contributed by atoms with van der Waals surface area (Å²) in [6.45, 7) is 0.949. The summed E-state index contributed by atoms with van der Waals surface area (Å²) >= 11 is 0. The molecule has 14 heavy (non-hydrogen) atoms. The van der Waals surface area contributed by atoms with Gasteiger partial charge in [0.2, 0.25) is 0 Å². The average Bonchev–Trinajstić information content (AvgIpc) is 2.28. The maximum absolute atomic E-state index is 13.1. The quantitative estimate of drug-likeness (QED) is 0.685. The van der Waals surface area contributed by atoms with Crippen LogP contribution in [0.3, 0.4) is 0 Å². The monoisotopic (exact) mass is 194 g/mol. The summed E-state index contributed by atoms with van der Waals surface area (Å²) in [6, 6.07) is 4.91. The van der Waals surface area contributed by atoms with Gasteiger partial charge in [0.25, 0.3) is 0 Å². The lowest BCUT2D eigenvalue weighted by atomic mass is 10.0. The molecule has 0 saturated carbocycles. The minimum absolute atomic E-state index is 0.0514. The van der Waals surface area contributed by atoms with E-state index in [1.807, 2.05) is 7.05 Å². The standard InChI is InChI=1S/C11H15FN2/c1-14-6-2-3-10(13)9-5-4-8(12)7-11(9)14/h4-5,7,10H,2-3,6,13H2,1H3. The first-order chi connectivity index (χ1) is 6.68. The fourth-order valence-corrected chi connectivity index (χ4v) is 1.99. The maximum atomic E-state index is 13.1. The van der Waals surface area contributed by atoms with Crippen LogP contribution in [0.4, 0.5) is 10.1 Å². The zero-order chi connectivity index (χ0) is 10.1. The van der Waals surface area contributed by atoms with Gasteiger partial charge in [0.15, 0.2) is 0 Å². The number of anilines is 1. The second-order valence-corrected chi connectivity index (χ2v) is 3.87. The van der Waals surface area contributed by atoms with Crippen molar-refractivity contribution in [2.75, 3.05) is 18.5 Å². The van der Waals surface area contributed by atoms with Crippen molar-refractivity contribution in [1.82, 2.24) is 0 Å². The molecule has 0 bridgehead atoms. The summed E-state index contributed by atoms with van der Waals surface area (Å²) in [5.74, 6) is -0.190. The molecular weight excluding hydrogens is 179 g/mol. The van der Waals surface area contributed by atoms with Crippen LogP contribution in [0.1, 0.15) is 24.4 Å². The van der Waals surface area contributed by atoms with E-state index < -0.39 is 0 Å². The summed E-state index contributed by atoms with van der Waals surface area (Å²) in [5.41, 5.74) is 8.01. The summed E-state index contributed by atoms with van der Waals surface area (Å²) in [5, 5.41) is 0. The molecule has 1 aliphatic rings. The molecule has 1 aromatic rings. The third-order valence-electron chi connectivity index (χ3n) is 2.81. The number of fused-ring (bicyclic) bond motifs is 1. The molecule has 1 unspecified atom stereocenters. The summed E-state index contributed by atoms with van der Waals surface area (Å²) in [4.78, 5) is 2.07. The molecule has 0 radical (unpaired) electrons. The predicted octanol–water partition coefficient (Wildman–Crippen LogP) is 2.06. The van der Waals surface area contributed by atoms with E-state index in [1.165, 1.54) is 6.07 Å². The highest BCUT2D eigenvalue weighted by atomic mass is 19.1. The number of rotatable bonds is 0. The smallest absolute Gasteiger partial charge is 0.125 e. The molecule has 2 rings (SSSR count). The van der Waals surface area contributed by atoms with Gasteiger partial charge in [-0.05, 0) is 30.5 Å². The Morgan fingerprint density at radius 1 is 1.50 bits per heavy atom. The van der Waals surface area contributed by atoms with Gasteiger partial charge in [-0.1, -0.05) is 6.07 Å². The zero-order valence-corrected chi connectivity index (χ0v) is 8.33. The average molecular weight is 194 g/mol. The lowest BCUT2D eigenvalue weighted by Crippen LogP contribution is -2.18. The fourth-order valence-electron chi connectivity index (χ4n) is 1.99. The maximum Gasteiger partial charge on any atom is 0.125 e. The van der Waals surface area contributed by atoms with E-state index in [0.29, 0.717) is 0 Å². The van der Waals surface area contributed by atoms with E-state index in [1.54, 1.807) is 12.1 Å². The minimum atomic E-state index is -0.190. The number of hydrogen-bond acceptors (Lipinski definition) is 2. The normalized spacial score (nSPS) is 21.6. The third kappa shape index (κ3) is 1.60. The Bertz CT molecular complexity index is 338. The first-order valence-electron chi connectivity index (χ1n) is 4.94. The lowest BCUT2D eigenvalue weighted by molar-refractivity contribution is 0.622. The second kappa shape index (κ2) is 3.58. The number of benzene rings is 1. The molecule has 76 valence electrons. The van der Waals surface area contributed by atoms with Crippen molar-refractivity contribution >= 4 is 5.69 Å². The van der Waals surface area contributed by atoms with Crippen molar-refractivity contribution in [2.24, 2.45) is 5.73 Å². The Kier molecular flexibility index (Phi) is 2.42. The molecule has 0 aliphatic carbocycles. The van der Waals surface area contributed by atoms with E-state index >= 15 is 0 Å². The number of nitrogens with two attached hydrogens (primary N) is 1. The van der Waals surface area contributed by atoms with Crippen LogP contribution in [0.5, 0.6) is 0 Å². The predicted molar refractivity (Wildman–Crippen MR) is 55.8 cm³/mol. The SMILES string of the molecule is CN1CCCC(N)c2ccc(F)cc21. The Labute approximate surface area is 83.5 Å². The molecular formula is C11H15FN2. The third-order valence-corrected chi connectivity index (χ3v) is 2.81. The van der Waals surface area contributed by atoms with Crippen LogP contribution in [0.25, 0.3) is 0 Å². The van der Waals surface area contributed by atoms with Crippen LogP contribution in [0.15, 0.2) is 18.2 Å². The number of nitrogens with zero attached hydrogens (tertiary/aromatic N) is 1. The van der Waals surface area contributed by atoms with Crippen LogP contribution < -0.4 is 10.6 Å². The van der Waals surface area contributed by atoms with Crippen LogP contribution in [0, 0.1) is 5.82 Å². The molecule has 0 aromatic heterocycles. The van der Waals surface area contributed by atoms with Gasteiger partial charge in [-0.25, -0.2) is 4.39 Å². The van der Waals surface area contributed by atoms with Gasteiger partial charge in [0.05, 0.1) is 0 Å². The number of halogens is 1. The van der Waals surface area contributed by atoms with E-state index in [9.17, 15) is 4.39 Å². The molecule has 0 amide bonds. The molecule has 2 N–H and O–H groups in total. The fraction of sp³-hybridized carbons (Fsp3) is 0.455. The summed E-state index contributed by atoms with van der Waals surface area (Å²) in [7, 11) is 1.98. The van der Waals surface area contributed by atoms with E-state index in [4.69, 9.17) is 5.73 Å². The van der Waals surface area contributed by atoms with Gasteiger partial charge in [-0.15, -0.1) is 0 Å². The van der Waals surface area contributed by atoms with Gasteiger partial charge in [-0.2, -0.15) is 0 Å². The minimum Gasteiger partial charge on any atom is -0.374 e. The summed E-state index contributed by atoms with van der Waals surface area (Å²) in [6.07, 6.45) is 2.04. The first kappa shape index (κ1) is 9.46. The van der Waals surface area contributed by atoms with E-state index in [2.05, 4.69) is 4.90 Å². The van der Waals surface area contributed by atoms with Gasteiger partial charge in [0.1, 0.15) is 5.82 Å². The highest BCUT2D eigenvalue weighted by Gasteiger charge is 2.18.